The highest BCUT2D eigenvalue weighted by molar-refractivity contribution is 5.91. The van der Waals surface area contributed by atoms with E-state index in [9.17, 15) is 45.3 Å². The molecule has 0 aromatic carbocycles. The molecule has 0 amide bonds. The summed E-state index contributed by atoms with van der Waals surface area (Å²) < 4.78 is 11.7. The Kier molecular flexibility index (Phi) is 9.41. The molecular formula is C35H54O11. The van der Waals surface area contributed by atoms with E-state index >= 15 is 0 Å². The van der Waals surface area contributed by atoms with Crippen LogP contribution in [0.15, 0.2) is 22.8 Å². The quantitative estimate of drug-likeness (QED) is 0.197. The van der Waals surface area contributed by atoms with Gasteiger partial charge < -0.3 is 45.2 Å². The molecule has 0 unspecified atom stereocenters. The lowest BCUT2D eigenvalue weighted by Crippen LogP contribution is -2.56. The van der Waals surface area contributed by atoms with Crippen LogP contribution in [0.25, 0.3) is 0 Å². The van der Waals surface area contributed by atoms with Crippen molar-refractivity contribution in [2.75, 3.05) is 6.61 Å². The number of carbonyl (C=O) groups excluding carboxylic acids is 2. The van der Waals surface area contributed by atoms with Crippen LogP contribution in [0.2, 0.25) is 0 Å². The SMILES string of the molecule is C[C@H](CC(=O)CC(C)(C)O)[C@H]1C(=O)[C@H](O)[C@@]2(C)[C@@H]3C[C@@H](O)C4=C(CC[C@H](O[C@@H]5OC[C@H](O)[C@H](O)[C@H]5O)C4(C)C)[C@@H](O)C3=CC[C@]12C. The van der Waals surface area contributed by atoms with Crippen molar-refractivity contribution in [1.82, 2.24) is 0 Å². The second-order valence-corrected chi connectivity index (χ2v) is 16.4. The van der Waals surface area contributed by atoms with Crippen molar-refractivity contribution in [2.45, 2.75) is 142 Å². The van der Waals surface area contributed by atoms with Crippen LogP contribution in [-0.2, 0) is 19.1 Å². The molecule has 1 aliphatic heterocycles. The number of aliphatic hydroxyl groups excluding tert-OH is 6. The molecule has 260 valence electrons. The Balaban J connectivity index is 1.44. The van der Waals surface area contributed by atoms with Gasteiger partial charge >= 0.3 is 0 Å². The predicted molar refractivity (Wildman–Crippen MR) is 166 cm³/mol. The molecule has 13 atom stereocenters. The maximum atomic E-state index is 13.9. The fourth-order valence-electron chi connectivity index (χ4n) is 9.94. The Labute approximate surface area is 271 Å². The highest BCUT2D eigenvalue weighted by Crippen LogP contribution is 2.68. The van der Waals surface area contributed by atoms with Crippen molar-refractivity contribution in [2.24, 2.45) is 34.0 Å². The van der Waals surface area contributed by atoms with Crippen molar-refractivity contribution < 1.29 is 54.8 Å². The molecule has 11 heteroatoms. The van der Waals surface area contributed by atoms with Crippen molar-refractivity contribution in [3.63, 3.8) is 0 Å². The van der Waals surface area contributed by atoms with Crippen LogP contribution < -0.4 is 0 Å². The molecule has 0 bridgehead atoms. The van der Waals surface area contributed by atoms with Crippen LogP contribution in [0.5, 0.6) is 0 Å². The lowest BCUT2D eigenvalue weighted by Gasteiger charge is -2.54. The van der Waals surface area contributed by atoms with Crippen LogP contribution in [0.4, 0.5) is 0 Å². The molecule has 2 fully saturated rings. The molecule has 0 aromatic rings. The molecule has 5 rings (SSSR count). The number of hydrogen-bond acceptors (Lipinski definition) is 11. The summed E-state index contributed by atoms with van der Waals surface area (Å²) in [6.45, 7) is 12.4. The van der Waals surface area contributed by atoms with E-state index in [-0.39, 0.29) is 43.4 Å². The van der Waals surface area contributed by atoms with E-state index in [1.807, 2.05) is 40.7 Å². The van der Waals surface area contributed by atoms with Gasteiger partial charge in [0.05, 0.1) is 30.5 Å². The van der Waals surface area contributed by atoms with E-state index in [0.717, 1.165) is 0 Å². The van der Waals surface area contributed by atoms with Crippen LogP contribution >= 0.6 is 0 Å². The molecule has 46 heavy (non-hydrogen) atoms. The third-order valence-electron chi connectivity index (χ3n) is 12.4. The minimum absolute atomic E-state index is 0.0358. The third-order valence-corrected chi connectivity index (χ3v) is 12.4. The summed E-state index contributed by atoms with van der Waals surface area (Å²) in [5.41, 5.74) is -1.83. The second kappa shape index (κ2) is 12.1. The number of Topliss-reactive ketones (excluding diaryl/α,β-unsaturated/α-hetero) is 2. The molecule has 5 aliphatic rings. The van der Waals surface area contributed by atoms with Gasteiger partial charge in [-0.05, 0) is 73.5 Å². The van der Waals surface area contributed by atoms with Crippen LogP contribution in [0.1, 0.15) is 87.0 Å². The predicted octanol–water partition coefficient (Wildman–Crippen LogP) is 1.33. The van der Waals surface area contributed by atoms with Gasteiger partial charge in [-0.2, -0.15) is 0 Å². The van der Waals surface area contributed by atoms with Crippen LogP contribution in [0.3, 0.4) is 0 Å². The van der Waals surface area contributed by atoms with Gasteiger partial charge in [0.1, 0.15) is 30.2 Å². The van der Waals surface area contributed by atoms with E-state index in [0.29, 0.717) is 36.0 Å². The Morgan fingerprint density at radius 1 is 1.09 bits per heavy atom. The molecule has 11 nitrogen and oxygen atoms in total. The zero-order chi connectivity index (χ0) is 34.3. The minimum Gasteiger partial charge on any atom is -0.390 e. The number of aliphatic hydroxyl groups is 7. The Bertz CT molecular complexity index is 1280. The first-order chi connectivity index (χ1) is 21.2. The average Bonchev–Trinajstić information content (AvgIpc) is 3.01. The first kappa shape index (κ1) is 35.8. The Hall–Kier alpha value is -1.54. The number of hydrogen-bond donors (Lipinski definition) is 7. The number of carbonyl (C=O) groups is 2. The summed E-state index contributed by atoms with van der Waals surface area (Å²) in [7, 11) is 0. The van der Waals surface area contributed by atoms with Gasteiger partial charge in [-0.3, -0.25) is 9.59 Å². The minimum atomic E-state index is -1.47. The van der Waals surface area contributed by atoms with E-state index in [2.05, 4.69) is 0 Å². The molecule has 0 spiro atoms. The summed E-state index contributed by atoms with van der Waals surface area (Å²) in [4.78, 5) is 26.8. The Morgan fingerprint density at radius 2 is 1.74 bits per heavy atom. The van der Waals surface area contributed by atoms with Gasteiger partial charge in [0.25, 0.3) is 0 Å². The lowest BCUT2D eigenvalue weighted by atomic mass is 9.50. The second-order valence-electron chi connectivity index (χ2n) is 16.4. The molecular weight excluding hydrogens is 596 g/mol. The zero-order valence-corrected chi connectivity index (χ0v) is 28.1. The van der Waals surface area contributed by atoms with Gasteiger partial charge in [-0.15, -0.1) is 0 Å². The normalized spacial score (nSPS) is 44.9. The van der Waals surface area contributed by atoms with Crippen LogP contribution in [0, 0.1) is 34.0 Å². The molecule has 0 aromatic heterocycles. The van der Waals surface area contributed by atoms with Crippen molar-refractivity contribution >= 4 is 11.6 Å². The van der Waals surface area contributed by atoms with Crippen molar-refractivity contribution in [1.29, 1.82) is 0 Å². The largest absolute Gasteiger partial charge is 0.390 e. The van der Waals surface area contributed by atoms with Crippen molar-refractivity contribution in [3.05, 3.63) is 22.8 Å². The maximum Gasteiger partial charge on any atom is 0.186 e. The molecule has 7 N–H and O–H groups in total. The van der Waals surface area contributed by atoms with Crippen LogP contribution in [-0.4, -0.2) is 109 Å². The van der Waals surface area contributed by atoms with Gasteiger partial charge in [-0.1, -0.05) is 40.7 Å². The number of ketones is 2. The molecule has 1 saturated carbocycles. The Morgan fingerprint density at radius 3 is 2.37 bits per heavy atom. The maximum absolute atomic E-state index is 13.9. The molecule has 4 aliphatic carbocycles. The molecule has 1 heterocycles. The fraction of sp³-hybridized carbons (Fsp3) is 0.829. The van der Waals surface area contributed by atoms with Gasteiger partial charge in [0.15, 0.2) is 12.1 Å². The summed E-state index contributed by atoms with van der Waals surface area (Å²) in [5.74, 6) is -2.05. The summed E-state index contributed by atoms with van der Waals surface area (Å²) in [6.07, 6.45) is -5.92. The van der Waals surface area contributed by atoms with E-state index in [1.165, 1.54) is 0 Å². The van der Waals surface area contributed by atoms with Crippen molar-refractivity contribution in [3.8, 4) is 0 Å². The number of fused-ring (bicyclic) bond motifs is 3. The smallest absolute Gasteiger partial charge is 0.186 e. The van der Waals surface area contributed by atoms with Gasteiger partial charge in [0.2, 0.25) is 0 Å². The fourth-order valence-corrected chi connectivity index (χ4v) is 9.94. The standard InChI is InChI=1S/C35H54O11/c1-16(12-17(36)14-32(2,3)44)24-28(41)30(43)35(7)20-13-21(37)25-19(26(39)18(20)10-11-34(24,35)6)8-9-23(33(25,4)5)46-31-29(42)27(40)22(38)15-45-31/h10,16,20-24,26-27,29-31,37-40,42-44H,8-9,11-15H2,1-7H3/t16-,20-,21-,22+,23+,24+,26+,27+,29-,30+,31+,34-,35-/m1/s1. The first-order valence-electron chi connectivity index (χ1n) is 16.7. The topological polar surface area (TPSA) is 194 Å². The number of allylic oxidation sites excluding steroid dienone is 1. The van der Waals surface area contributed by atoms with Gasteiger partial charge in [-0.25, -0.2) is 0 Å². The van der Waals surface area contributed by atoms with Gasteiger partial charge in [0, 0.05) is 29.6 Å². The molecule has 0 radical (unpaired) electrons. The van der Waals surface area contributed by atoms with E-state index < -0.39 is 82.7 Å². The zero-order valence-electron chi connectivity index (χ0n) is 28.1. The summed E-state index contributed by atoms with van der Waals surface area (Å²) >= 11 is 0. The molecule has 1 saturated heterocycles. The first-order valence-corrected chi connectivity index (χ1v) is 16.7. The van der Waals surface area contributed by atoms with E-state index in [1.54, 1.807) is 13.8 Å². The third kappa shape index (κ3) is 5.57. The number of rotatable bonds is 7. The monoisotopic (exact) mass is 650 g/mol. The van der Waals surface area contributed by atoms with E-state index in [4.69, 9.17) is 9.47 Å². The highest BCUT2D eigenvalue weighted by Gasteiger charge is 2.70. The highest BCUT2D eigenvalue weighted by atomic mass is 16.7. The lowest BCUT2D eigenvalue weighted by molar-refractivity contribution is -0.291. The average molecular weight is 651 g/mol. The number of ether oxygens (including phenoxy) is 2. The summed E-state index contributed by atoms with van der Waals surface area (Å²) in [6, 6.07) is 0. The summed E-state index contributed by atoms with van der Waals surface area (Å²) in [5, 5.41) is 76.4.